The molecule has 25 heavy (non-hydrogen) atoms. The fraction of sp³-hybridized carbons (Fsp3) is 0.833. The zero-order chi connectivity index (χ0) is 18.4. The molecule has 0 spiro atoms. The smallest absolute Gasteiger partial charge is 0.343 e. The number of carbonyl (C=O) groups excluding carboxylic acids is 1. The van der Waals surface area contributed by atoms with Gasteiger partial charge in [-0.25, -0.2) is 9.89 Å². The van der Waals surface area contributed by atoms with Gasteiger partial charge in [-0.15, -0.1) is 5.10 Å². The number of carbonyl (C=O) groups is 1. The molecule has 1 fully saturated rings. The van der Waals surface area contributed by atoms with Crippen LogP contribution in [-0.4, -0.2) is 32.5 Å². The van der Waals surface area contributed by atoms with Gasteiger partial charge in [0, 0.05) is 12.6 Å². The lowest BCUT2D eigenvalue weighted by Gasteiger charge is -2.39. The maximum absolute atomic E-state index is 12.2. The molecule has 0 aliphatic heterocycles. The number of nitrogens with zero attached hydrogens (tertiary/aromatic N) is 2. The Labute approximate surface area is 154 Å². The first-order chi connectivity index (χ1) is 11.9. The van der Waals surface area contributed by atoms with Gasteiger partial charge in [-0.1, -0.05) is 45.9 Å². The largest absolute Gasteiger partial charge is 0.353 e. The van der Waals surface area contributed by atoms with Gasteiger partial charge in [0.05, 0.1) is 5.75 Å². The lowest BCUT2D eigenvalue weighted by molar-refractivity contribution is -0.119. The van der Waals surface area contributed by atoms with Crippen LogP contribution in [0.5, 0.6) is 0 Å². The monoisotopic (exact) mass is 368 g/mol. The van der Waals surface area contributed by atoms with Crippen molar-refractivity contribution in [3.05, 3.63) is 10.5 Å². The van der Waals surface area contributed by atoms with Crippen LogP contribution in [0.1, 0.15) is 66.2 Å². The van der Waals surface area contributed by atoms with Crippen LogP contribution in [0.4, 0.5) is 0 Å². The highest BCUT2D eigenvalue weighted by Crippen LogP contribution is 2.40. The van der Waals surface area contributed by atoms with Crippen molar-refractivity contribution < 1.29 is 4.79 Å². The van der Waals surface area contributed by atoms with Crippen molar-refractivity contribution in [1.29, 1.82) is 0 Å². The predicted molar refractivity (Wildman–Crippen MR) is 102 cm³/mol. The third-order valence-electron chi connectivity index (χ3n) is 5.61. The first kappa shape index (κ1) is 20.1. The molecular formula is C18H32N4O2S. The summed E-state index contributed by atoms with van der Waals surface area (Å²) in [4.78, 5) is 23.9. The average Bonchev–Trinajstić information content (AvgIpc) is 2.94. The normalized spacial score (nSPS) is 21.3. The van der Waals surface area contributed by atoms with Crippen molar-refractivity contribution in [2.24, 2.45) is 11.3 Å². The minimum absolute atomic E-state index is 0.0294. The molecule has 0 saturated heterocycles. The molecule has 7 heteroatoms. The molecule has 6 nitrogen and oxygen atoms in total. The zero-order valence-electron chi connectivity index (χ0n) is 15.9. The maximum Gasteiger partial charge on any atom is 0.343 e. The molecule has 0 aromatic carbocycles. The number of aromatic amines is 1. The molecule has 1 aliphatic carbocycles. The Balaban J connectivity index is 1.78. The highest BCUT2D eigenvalue weighted by atomic mass is 32.2. The van der Waals surface area contributed by atoms with Gasteiger partial charge in [0.15, 0.2) is 5.16 Å². The van der Waals surface area contributed by atoms with E-state index >= 15 is 0 Å². The van der Waals surface area contributed by atoms with E-state index in [9.17, 15) is 9.59 Å². The van der Waals surface area contributed by atoms with Crippen molar-refractivity contribution in [2.75, 3.05) is 5.75 Å². The highest BCUT2D eigenvalue weighted by Gasteiger charge is 2.32. The molecular weight excluding hydrogens is 336 g/mol. The Morgan fingerprint density at radius 2 is 2.00 bits per heavy atom. The third kappa shape index (κ3) is 5.36. The fourth-order valence-electron chi connectivity index (χ4n) is 3.54. The zero-order valence-corrected chi connectivity index (χ0v) is 16.7. The number of aromatic nitrogens is 3. The molecule has 1 aliphatic rings. The van der Waals surface area contributed by atoms with Crippen LogP contribution in [-0.2, 0) is 11.3 Å². The van der Waals surface area contributed by atoms with E-state index in [4.69, 9.17) is 0 Å². The van der Waals surface area contributed by atoms with Crippen molar-refractivity contribution in [1.82, 2.24) is 20.1 Å². The standard InChI is InChI=1S/C18H32N4O2S/c1-5-11-22-16(24)20-21-17(22)25-12-15(23)19-14-9-7-13(8-10-14)18(3,4)6-2/h13-14H,5-12H2,1-4H3,(H,19,23)(H,20,24). The summed E-state index contributed by atoms with van der Waals surface area (Å²) in [6.45, 7) is 9.60. The van der Waals surface area contributed by atoms with Gasteiger partial charge in [-0.05, 0) is 43.4 Å². The van der Waals surface area contributed by atoms with E-state index < -0.39 is 0 Å². The van der Waals surface area contributed by atoms with E-state index in [0.717, 1.165) is 25.2 Å². The second-order valence-electron chi connectivity index (χ2n) is 7.71. The Bertz CT molecular complexity index is 615. The van der Waals surface area contributed by atoms with Gasteiger partial charge >= 0.3 is 5.69 Å². The van der Waals surface area contributed by atoms with Gasteiger partial charge in [0.25, 0.3) is 0 Å². The molecule has 0 unspecified atom stereocenters. The molecule has 0 radical (unpaired) electrons. The summed E-state index contributed by atoms with van der Waals surface area (Å²) < 4.78 is 1.59. The number of thioether (sulfide) groups is 1. The second kappa shape index (κ2) is 8.92. The van der Waals surface area contributed by atoms with Crippen molar-refractivity contribution in [3.63, 3.8) is 0 Å². The average molecular weight is 369 g/mol. The summed E-state index contributed by atoms with van der Waals surface area (Å²) in [7, 11) is 0. The Hall–Kier alpha value is -1.24. The van der Waals surface area contributed by atoms with Crippen LogP contribution in [0.15, 0.2) is 9.95 Å². The third-order valence-corrected chi connectivity index (χ3v) is 6.59. The SMILES string of the molecule is CCCn1c(SCC(=O)NC2CCC(C(C)(C)CC)CC2)n[nH]c1=O. The summed E-state index contributed by atoms with van der Waals surface area (Å²) in [6.07, 6.45) is 6.56. The van der Waals surface area contributed by atoms with Crippen LogP contribution in [0, 0.1) is 11.3 Å². The van der Waals surface area contributed by atoms with E-state index in [1.54, 1.807) is 4.57 Å². The number of H-pyrrole nitrogens is 1. The van der Waals surface area contributed by atoms with Crippen LogP contribution in [0.25, 0.3) is 0 Å². The Kier molecular flexibility index (Phi) is 7.16. The number of hydrogen-bond acceptors (Lipinski definition) is 4. The van der Waals surface area contributed by atoms with Gasteiger partial charge < -0.3 is 5.32 Å². The van der Waals surface area contributed by atoms with Gasteiger partial charge in [0.1, 0.15) is 0 Å². The molecule has 0 atom stereocenters. The minimum Gasteiger partial charge on any atom is -0.353 e. The molecule has 142 valence electrons. The van der Waals surface area contributed by atoms with Crippen LogP contribution in [0.3, 0.4) is 0 Å². The summed E-state index contributed by atoms with van der Waals surface area (Å²) in [5.41, 5.74) is 0.190. The van der Waals surface area contributed by atoms with E-state index in [0.29, 0.717) is 22.9 Å². The summed E-state index contributed by atoms with van der Waals surface area (Å²) in [6, 6.07) is 0.286. The quantitative estimate of drug-likeness (QED) is 0.691. The van der Waals surface area contributed by atoms with E-state index in [-0.39, 0.29) is 17.6 Å². The molecule has 1 amide bonds. The van der Waals surface area contributed by atoms with E-state index in [1.807, 2.05) is 6.92 Å². The van der Waals surface area contributed by atoms with Crippen molar-refractivity contribution in [2.45, 2.75) is 84.0 Å². The molecule has 0 bridgehead atoms. The van der Waals surface area contributed by atoms with E-state index in [2.05, 4.69) is 36.3 Å². The molecule has 1 aromatic heterocycles. The summed E-state index contributed by atoms with van der Waals surface area (Å²) >= 11 is 1.32. The molecule has 1 aromatic rings. The number of amides is 1. The lowest BCUT2D eigenvalue weighted by Crippen LogP contribution is -2.40. The predicted octanol–water partition coefficient (Wildman–Crippen LogP) is 3.18. The number of rotatable bonds is 8. The first-order valence-electron chi connectivity index (χ1n) is 9.44. The fourth-order valence-corrected chi connectivity index (χ4v) is 4.33. The topological polar surface area (TPSA) is 79.8 Å². The van der Waals surface area contributed by atoms with Crippen LogP contribution >= 0.6 is 11.8 Å². The van der Waals surface area contributed by atoms with Crippen molar-refractivity contribution in [3.8, 4) is 0 Å². The molecule has 1 saturated carbocycles. The Morgan fingerprint density at radius 1 is 1.32 bits per heavy atom. The second-order valence-corrected chi connectivity index (χ2v) is 8.65. The first-order valence-corrected chi connectivity index (χ1v) is 10.4. The summed E-state index contributed by atoms with van der Waals surface area (Å²) in [5.74, 6) is 1.09. The Morgan fingerprint density at radius 3 is 2.60 bits per heavy atom. The molecule has 2 rings (SSSR count). The molecule has 2 N–H and O–H groups in total. The van der Waals surface area contributed by atoms with E-state index in [1.165, 1.54) is 31.0 Å². The lowest BCUT2D eigenvalue weighted by atomic mass is 9.69. The van der Waals surface area contributed by atoms with Crippen LogP contribution in [0.2, 0.25) is 0 Å². The number of nitrogens with one attached hydrogen (secondary N) is 2. The van der Waals surface area contributed by atoms with Gasteiger partial charge in [-0.2, -0.15) is 0 Å². The van der Waals surface area contributed by atoms with Crippen molar-refractivity contribution >= 4 is 17.7 Å². The minimum atomic E-state index is -0.207. The van der Waals surface area contributed by atoms with Crippen LogP contribution < -0.4 is 11.0 Å². The summed E-state index contributed by atoms with van der Waals surface area (Å²) in [5, 5.41) is 10.2. The van der Waals surface area contributed by atoms with Gasteiger partial charge in [0.2, 0.25) is 5.91 Å². The maximum atomic E-state index is 12.2. The number of hydrogen-bond donors (Lipinski definition) is 2. The molecule has 1 heterocycles. The van der Waals surface area contributed by atoms with Gasteiger partial charge in [-0.3, -0.25) is 9.36 Å². The highest BCUT2D eigenvalue weighted by molar-refractivity contribution is 7.99.